The van der Waals surface area contributed by atoms with Gasteiger partial charge in [-0.25, -0.2) is 0 Å². The van der Waals surface area contributed by atoms with E-state index in [2.05, 4.69) is 6.92 Å². The maximum Gasteiger partial charge on any atom is 0.130 e. The molecule has 1 fully saturated rings. The van der Waals surface area contributed by atoms with Crippen molar-refractivity contribution < 1.29 is 14.2 Å². The Kier molecular flexibility index (Phi) is 4.46. The lowest BCUT2D eigenvalue weighted by Gasteiger charge is -2.23. The molecule has 0 bridgehead atoms. The van der Waals surface area contributed by atoms with Crippen LogP contribution in [0.1, 0.15) is 30.7 Å². The average Bonchev–Trinajstić information content (AvgIpc) is 3.28. The fraction of sp³-hybridized carbons (Fsp3) is 0.600. The fourth-order valence-corrected chi connectivity index (χ4v) is 2.85. The first-order valence-corrected chi connectivity index (χ1v) is 7.00. The first-order valence-electron chi connectivity index (χ1n) is 6.56. The van der Waals surface area contributed by atoms with Gasteiger partial charge in [0, 0.05) is 12.1 Å². The van der Waals surface area contributed by atoms with Gasteiger partial charge in [0.2, 0.25) is 0 Å². The highest BCUT2D eigenvalue weighted by Crippen LogP contribution is 2.50. The molecule has 4 heteroatoms. The van der Waals surface area contributed by atoms with E-state index in [0.29, 0.717) is 11.7 Å². The van der Waals surface area contributed by atoms with E-state index in [9.17, 15) is 0 Å². The Hall–Kier alpha value is -1.09. The summed E-state index contributed by atoms with van der Waals surface area (Å²) in [7, 11) is 4.91. The van der Waals surface area contributed by atoms with Gasteiger partial charge in [-0.3, -0.25) is 0 Å². The summed E-state index contributed by atoms with van der Waals surface area (Å²) >= 11 is 6.65. The van der Waals surface area contributed by atoms with Crippen LogP contribution in [0.2, 0.25) is 0 Å². The molecule has 3 nitrogen and oxygen atoms in total. The quantitative estimate of drug-likeness (QED) is 0.738. The van der Waals surface area contributed by atoms with Crippen LogP contribution in [0.5, 0.6) is 17.2 Å². The molecule has 0 N–H and O–H groups in total. The van der Waals surface area contributed by atoms with Crippen LogP contribution in [0.4, 0.5) is 0 Å². The maximum absolute atomic E-state index is 6.65. The third-order valence-electron chi connectivity index (χ3n) is 3.86. The van der Waals surface area contributed by atoms with Gasteiger partial charge in [-0.2, -0.15) is 0 Å². The summed E-state index contributed by atoms with van der Waals surface area (Å²) in [6.45, 7) is 2.19. The van der Waals surface area contributed by atoms with Gasteiger partial charge in [-0.05, 0) is 24.7 Å². The summed E-state index contributed by atoms with van der Waals surface area (Å²) in [6.07, 6.45) is 2.54. The molecule has 2 atom stereocenters. The zero-order valence-electron chi connectivity index (χ0n) is 11.9. The number of benzene rings is 1. The molecule has 0 aliphatic heterocycles. The minimum Gasteiger partial charge on any atom is -0.496 e. The van der Waals surface area contributed by atoms with E-state index in [-0.39, 0.29) is 5.38 Å². The van der Waals surface area contributed by atoms with E-state index in [0.717, 1.165) is 23.0 Å². The highest BCUT2D eigenvalue weighted by molar-refractivity contribution is 6.21. The minimum atomic E-state index is -0.108. The van der Waals surface area contributed by atoms with Crippen molar-refractivity contribution in [2.45, 2.75) is 25.1 Å². The van der Waals surface area contributed by atoms with E-state index >= 15 is 0 Å². The van der Waals surface area contributed by atoms with Crippen molar-refractivity contribution in [2.24, 2.45) is 11.8 Å². The van der Waals surface area contributed by atoms with Crippen LogP contribution in [-0.4, -0.2) is 21.3 Å². The third kappa shape index (κ3) is 2.92. The Bertz CT molecular complexity index is 418. The van der Waals surface area contributed by atoms with E-state index in [4.69, 9.17) is 25.8 Å². The SMILES string of the molecule is COc1cc(OC)c(C(Cl)C(C)C2CC2)c(OC)c1. The van der Waals surface area contributed by atoms with Crippen LogP contribution < -0.4 is 14.2 Å². The van der Waals surface area contributed by atoms with Crippen molar-refractivity contribution in [2.75, 3.05) is 21.3 Å². The summed E-state index contributed by atoms with van der Waals surface area (Å²) in [4.78, 5) is 0. The fourth-order valence-electron chi connectivity index (χ4n) is 2.43. The highest BCUT2D eigenvalue weighted by Gasteiger charge is 2.35. The zero-order chi connectivity index (χ0) is 14.0. The van der Waals surface area contributed by atoms with Gasteiger partial charge in [-0.1, -0.05) is 6.92 Å². The highest BCUT2D eigenvalue weighted by atomic mass is 35.5. The van der Waals surface area contributed by atoms with E-state index in [1.54, 1.807) is 21.3 Å². The first kappa shape index (κ1) is 14.3. The predicted octanol–water partition coefficient (Wildman–Crippen LogP) is 4.04. The molecule has 0 aromatic heterocycles. The van der Waals surface area contributed by atoms with Gasteiger partial charge in [0.25, 0.3) is 0 Å². The van der Waals surface area contributed by atoms with Crippen molar-refractivity contribution in [3.05, 3.63) is 17.7 Å². The summed E-state index contributed by atoms with van der Waals surface area (Å²) < 4.78 is 16.2. The van der Waals surface area contributed by atoms with Crippen LogP contribution in [0.25, 0.3) is 0 Å². The van der Waals surface area contributed by atoms with E-state index in [1.165, 1.54) is 12.8 Å². The second-order valence-corrected chi connectivity index (χ2v) is 5.51. The molecule has 0 heterocycles. The second-order valence-electron chi connectivity index (χ2n) is 5.04. The largest absolute Gasteiger partial charge is 0.496 e. The molecule has 0 spiro atoms. The van der Waals surface area contributed by atoms with Gasteiger partial charge in [0.05, 0.1) is 32.3 Å². The maximum atomic E-state index is 6.65. The summed E-state index contributed by atoms with van der Waals surface area (Å²) in [5.74, 6) is 3.30. The summed E-state index contributed by atoms with van der Waals surface area (Å²) in [6, 6.07) is 3.71. The molecular formula is C15H21ClO3. The molecule has 1 aliphatic carbocycles. The molecule has 2 rings (SSSR count). The average molecular weight is 285 g/mol. The Morgan fingerprint density at radius 2 is 1.58 bits per heavy atom. The lowest BCUT2D eigenvalue weighted by molar-refractivity contribution is 0.359. The number of ether oxygens (including phenoxy) is 3. The van der Waals surface area contributed by atoms with Crippen molar-refractivity contribution >= 4 is 11.6 Å². The zero-order valence-corrected chi connectivity index (χ0v) is 12.7. The predicted molar refractivity (Wildman–Crippen MR) is 76.6 cm³/mol. The third-order valence-corrected chi connectivity index (χ3v) is 4.47. The van der Waals surface area contributed by atoms with Crippen LogP contribution >= 0.6 is 11.6 Å². The molecule has 106 valence electrons. The number of hydrogen-bond acceptors (Lipinski definition) is 3. The number of methoxy groups -OCH3 is 3. The van der Waals surface area contributed by atoms with Crippen LogP contribution in [0, 0.1) is 11.8 Å². The molecular weight excluding hydrogens is 264 g/mol. The molecule has 2 unspecified atom stereocenters. The van der Waals surface area contributed by atoms with Gasteiger partial charge in [0.1, 0.15) is 17.2 Å². The smallest absolute Gasteiger partial charge is 0.130 e. The lowest BCUT2D eigenvalue weighted by Crippen LogP contribution is -2.09. The molecule has 19 heavy (non-hydrogen) atoms. The normalized spacial score (nSPS) is 17.7. The number of halogens is 1. The van der Waals surface area contributed by atoms with Crippen molar-refractivity contribution in [3.8, 4) is 17.2 Å². The number of alkyl halides is 1. The monoisotopic (exact) mass is 284 g/mol. The topological polar surface area (TPSA) is 27.7 Å². The standard InChI is InChI=1S/C15H21ClO3/c1-9(10-5-6-10)15(16)14-12(18-3)7-11(17-2)8-13(14)19-4/h7-10,15H,5-6H2,1-4H3. The van der Waals surface area contributed by atoms with Crippen molar-refractivity contribution in [1.29, 1.82) is 0 Å². The molecule has 0 saturated heterocycles. The van der Waals surface area contributed by atoms with Gasteiger partial charge >= 0.3 is 0 Å². The Labute approximate surface area is 119 Å². The molecule has 1 aromatic rings. The first-order chi connectivity index (χ1) is 9.12. The van der Waals surface area contributed by atoms with Crippen LogP contribution in [0.15, 0.2) is 12.1 Å². The van der Waals surface area contributed by atoms with E-state index < -0.39 is 0 Å². The van der Waals surface area contributed by atoms with Gasteiger partial charge < -0.3 is 14.2 Å². The Morgan fingerprint density at radius 1 is 1.05 bits per heavy atom. The van der Waals surface area contributed by atoms with Crippen molar-refractivity contribution in [3.63, 3.8) is 0 Å². The Balaban J connectivity index is 2.40. The molecule has 1 saturated carbocycles. The molecule has 1 aliphatic rings. The van der Waals surface area contributed by atoms with Crippen LogP contribution in [0.3, 0.4) is 0 Å². The lowest BCUT2D eigenvalue weighted by atomic mass is 9.94. The number of hydrogen-bond donors (Lipinski definition) is 0. The molecule has 0 radical (unpaired) electrons. The van der Waals surface area contributed by atoms with Gasteiger partial charge in [0.15, 0.2) is 0 Å². The Morgan fingerprint density at radius 3 is 1.95 bits per heavy atom. The summed E-state index contributed by atoms with van der Waals surface area (Å²) in [5.41, 5.74) is 0.923. The van der Waals surface area contributed by atoms with E-state index in [1.807, 2.05) is 12.1 Å². The summed E-state index contributed by atoms with van der Waals surface area (Å²) in [5, 5.41) is -0.108. The van der Waals surface area contributed by atoms with Crippen molar-refractivity contribution in [1.82, 2.24) is 0 Å². The van der Waals surface area contributed by atoms with Crippen LogP contribution in [-0.2, 0) is 0 Å². The minimum absolute atomic E-state index is 0.108. The second kappa shape index (κ2) is 5.91. The molecule has 0 amide bonds. The number of rotatable bonds is 6. The molecule has 1 aromatic carbocycles. The van der Waals surface area contributed by atoms with Gasteiger partial charge in [-0.15, -0.1) is 11.6 Å².